The van der Waals surface area contributed by atoms with Crippen molar-refractivity contribution in [2.45, 2.75) is 69.1 Å². The number of nitrogens with zero attached hydrogens (tertiary/aromatic N) is 1. The summed E-state index contributed by atoms with van der Waals surface area (Å²) in [6, 6.07) is 10.4. The average Bonchev–Trinajstić information content (AvgIpc) is 2.68. The van der Waals surface area contributed by atoms with E-state index in [9.17, 15) is 15.0 Å². The van der Waals surface area contributed by atoms with Gasteiger partial charge in [0.15, 0.2) is 0 Å². The van der Waals surface area contributed by atoms with Crippen molar-refractivity contribution in [3.05, 3.63) is 35.9 Å². The number of likely N-dealkylation sites (tertiary alicyclic amines) is 1. The molecule has 2 fully saturated rings. The van der Waals surface area contributed by atoms with E-state index < -0.39 is 11.7 Å². The lowest BCUT2D eigenvalue weighted by atomic mass is 9.87. The van der Waals surface area contributed by atoms with Gasteiger partial charge in [0, 0.05) is 32.1 Å². The average molecular weight is 360 g/mol. The Morgan fingerprint density at radius 2 is 1.92 bits per heavy atom. The summed E-state index contributed by atoms with van der Waals surface area (Å²) in [5.74, 6) is 0.0511. The van der Waals surface area contributed by atoms with E-state index in [2.05, 4.69) is 5.32 Å². The van der Waals surface area contributed by atoms with Crippen molar-refractivity contribution in [3.8, 4) is 0 Å². The van der Waals surface area contributed by atoms with Crippen molar-refractivity contribution >= 4 is 5.91 Å². The Hall–Kier alpha value is -1.43. The van der Waals surface area contributed by atoms with Crippen LogP contribution in [0.3, 0.4) is 0 Å². The summed E-state index contributed by atoms with van der Waals surface area (Å²) in [6.45, 7) is 1.13. The maximum atomic E-state index is 12.5. The first-order chi connectivity index (χ1) is 12.6. The Morgan fingerprint density at radius 1 is 1.19 bits per heavy atom. The van der Waals surface area contributed by atoms with Gasteiger partial charge in [0.05, 0.1) is 0 Å². The Balaban J connectivity index is 1.45. The van der Waals surface area contributed by atoms with Gasteiger partial charge in [-0.2, -0.15) is 0 Å². The molecule has 2 aliphatic rings. The predicted molar refractivity (Wildman–Crippen MR) is 102 cm³/mol. The highest BCUT2D eigenvalue weighted by Gasteiger charge is 2.41. The summed E-state index contributed by atoms with van der Waals surface area (Å²) in [6.07, 6.45) is 6.75. The standard InChI is InChI=1S/C21H32N2O3/c24-19-15-23(20(25)12-11-17-7-3-1-4-8-17)14-13-21(19,26)16-22-18-9-5-2-6-10-18/h1,3-4,7-8,18-19,22,24,26H,2,5-6,9-16H2/t19-,21-/m0/s1. The van der Waals surface area contributed by atoms with Crippen molar-refractivity contribution in [1.82, 2.24) is 10.2 Å². The molecule has 1 heterocycles. The van der Waals surface area contributed by atoms with Gasteiger partial charge in [0.25, 0.3) is 0 Å². The van der Waals surface area contributed by atoms with Gasteiger partial charge in [0.2, 0.25) is 5.91 Å². The molecule has 1 aliphatic carbocycles. The second-order valence-electron chi connectivity index (χ2n) is 7.91. The molecular formula is C21H32N2O3. The van der Waals surface area contributed by atoms with Gasteiger partial charge in [-0.3, -0.25) is 4.79 Å². The molecule has 3 rings (SSSR count). The fraction of sp³-hybridized carbons (Fsp3) is 0.667. The molecule has 0 unspecified atom stereocenters. The highest BCUT2D eigenvalue weighted by Crippen LogP contribution is 2.24. The predicted octanol–water partition coefficient (Wildman–Crippen LogP) is 1.87. The van der Waals surface area contributed by atoms with Crippen LogP contribution in [-0.2, 0) is 11.2 Å². The van der Waals surface area contributed by atoms with Gasteiger partial charge in [-0.05, 0) is 31.2 Å². The first-order valence-electron chi connectivity index (χ1n) is 10.0. The quantitative estimate of drug-likeness (QED) is 0.724. The molecule has 0 bridgehead atoms. The molecule has 0 radical (unpaired) electrons. The Morgan fingerprint density at radius 3 is 2.62 bits per heavy atom. The smallest absolute Gasteiger partial charge is 0.222 e. The zero-order chi connectivity index (χ0) is 18.4. The van der Waals surface area contributed by atoms with Crippen LogP contribution in [0.1, 0.15) is 50.5 Å². The highest BCUT2D eigenvalue weighted by atomic mass is 16.3. The van der Waals surface area contributed by atoms with Gasteiger partial charge in [-0.1, -0.05) is 49.6 Å². The number of hydrogen-bond acceptors (Lipinski definition) is 4. The minimum atomic E-state index is -1.13. The van der Waals surface area contributed by atoms with E-state index in [1.54, 1.807) is 4.90 Å². The number of aryl methyl sites for hydroxylation is 1. The molecule has 26 heavy (non-hydrogen) atoms. The number of carbonyl (C=O) groups is 1. The van der Waals surface area contributed by atoms with E-state index in [1.165, 1.54) is 19.3 Å². The van der Waals surface area contributed by atoms with Gasteiger partial charge >= 0.3 is 0 Å². The summed E-state index contributed by atoms with van der Waals surface area (Å²) < 4.78 is 0. The SMILES string of the molecule is O=C(CCc1ccccc1)N1CC[C@](O)(CNC2CCCCC2)[C@@H](O)C1. The molecule has 1 aromatic rings. The molecule has 0 aromatic heterocycles. The van der Waals surface area contributed by atoms with Crippen LogP contribution >= 0.6 is 0 Å². The number of aliphatic hydroxyl groups excluding tert-OH is 1. The molecule has 1 saturated carbocycles. The third kappa shape index (κ3) is 5.06. The number of β-amino-alcohol motifs (C(OH)–C–C–N with tert-alkyl or cyclic N) is 1. The van der Waals surface area contributed by atoms with Crippen LogP contribution in [0.25, 0.3) is 0 Å². The van der Waals surface area contributed by atoms with Crippen molar-refractivity contribution < 1.29 is 15.0 Å². The van der Waals surface area contributed by atoms with Crippen LogP contribution in [0.5, 0.6) is 0 Å². The number of carbonyl (C=O) groups excluding carboxylic acids is 1. The Kier molecular flexibility index (Phi) is 6.68. The van der Waals surface area contributed by atoms with E-state index in [0.717, 1.165) is 18.4 Å². The van der Waals surface area contributed by atoms with Crippen molar-refractivity contribution in [2.24, 2.45) is 0 Å². The Bertz CT molecular complexity index is 574. The summed E-state index contributed by atoms with van der Waals surface area (Å²) in [4.78, 5) is 14.1. The second-order valence-corrected chi connectivity index (χ2v) is 7.91. The molecule has 0 spiro atoms. The van der Waals surface area contributed by atoms with Crippen LogP contribution in [0.15, 0.2) is 30.3 Å². The fourth-order valence-corrected chi connectivity index (χ4v) is 4.08. The zero-order valence-corrected chi connectivity index (χ0v) is 15.6. The molecule has 5 heteroatoms. The monoisotopic (exact) mass is 360 g/mol. The number of rotatable bonds is 6. The summed E-state index contributed by atoms with van der Waals surface area (Å²) in [7, 11) is 0. The minimum absolute atomic E-state index is 0.0511. The van der Waals surface area contributed by atoms with E-state index in [-0.39, 0.29) is 12.5 Å². The van der Waals surface area contributed by atoms with E-state index in [1.807, 2.05) is 30.3 Å². The molecule has 1 saturated heterocycles. The lowest BCUT2D eigenvalue weighted by Crippen LogP contribution is -2.61. The molecule has 1 amide bonds. The van der Waals surface area contributed by atoms with Crippen molar-refractivity contribution in [1.29, 1.82) is 0 Å². The largest absolute Gasteiger partial charge is 0.388 e. The van der Waals surface area contributed by atoms with E-state index in [0.29, 0.717) is 38.4 Å². The first kappa shape index (κ1) is 19.3. The molecule has 144 valence electrons. The second kappa shape index (κ2) is 8.98. The van der Waals surface area contributed by atoms with Gasteiger partial charge < -0.3 is 20.4 Å². The number of nitrogens with one attached hydrogen (secondary N) is 1. The van der Waals surface area contributed by atoms with Gasteiger partial charge in [-0.15, -0.1) is 0 Å². The summed E-state index contributed by atoms with van der Waals surface area (Å²) in [5, 5.41) is 24.7. The fourth-order valence-electron chi connectivity index (χ4n) is 4.08. The highest BCUT2D eigenvalue weighted by molar-refractivity contribution is 5.76. The first-order valence-corrected chi connectivity index (χ1v) is 10.0. The number of piperidine rings is 1. The maximum Gasteiger partial charge on any atom is 0.222 e. The number of amides is 1. The summed E-state index contributed by atoms with van der Waals surface area (Å²) in [5.41, 5.74) is 0.0137. The normalized spacial score (nSPS) is 27.5. The molecule has 1 aliphatic heterocycles. The third-order valence-corrected chi connectivity index (χ3v) is 5.95. The number of hydrogen-bond donors (Lipinski definition) is 3. The van der Waals surface area contributed by atoms with Crippen LogP contribution in [-0.4, -0.2) is 58.4 Å². The van der Waals surface area contributed by atoms with Crippen LogP contribution in [0, 0.1) is 0 Å². The van der Waals surface area contributed by atoms with Crippen molar-refractivity contribution in [3.63, 3.8) is 0 Å². The molecule has 3 N–H and O–H groups in total. The Labute approximate surface area is 156 Å². The van der Waals surface area contributed by atoms with Crippen molar-refractivity contribution in [2.75, 3.05) is 19.6 Å². The van der Waals surface area contributed by atoms with Crippen LogP contribution < -0.4 is 5.32 Å². The van der Waals surface area contributed by atoms with E-state index >= 15 is 0 Å². The van der Waals surface area contributed by atoms with Gasteiger partial charge in [-0.25, -0.2) is 0 Å². The topological polar surface area (TPSA) is 72.8 Å². The number of aliphatic hydroxyl groups is 2. The molecule has 1 aromatic carbocycles. The van der Waals surface area contributed by atoms with Gasteiger partial charge in [0.1, 0.15) is 11.7 Å². The van der Waals surface area contributed by atoms with E-state index in [4.69, 9.17) is 0 Å². The van der Waals surface area contributed by atoms with Crippen LogP contribution in [0.4, 0.5) is 0 Å². The zero-order valence-electron chi connectivity index (χ0n) is 15.6. The lowest BCUT2D eigenvalue weighted by molar-refractivity contribution is -0.149. The summed E-state index contributed by atoms with van der Waals surface area (Å²) >= 11 is 0. The molecular weight excluding hydrogens is 328 g/mol. The van der Waals surface area contributed by atoms with Crippen LogP contribution in [0.2, 0.25) is 0 Å². The minimum Gasteiger partial charge on any atom is -0.388 e. The molecule has 2 atom stereocenters. The maximum absolute atomic E-state index is 12.5. The third-order valence-electron chi connectivity index (χ3n) is 5.95. The molecule has 5 nitrogen and oxygen atoms in total. The lowest BCUT2D eigenvalue weighted by Gasteiger charge is -2.43. The number of benzene rings is 1.